The Hall–Kier alpha value is -1.75. The summed E-state index contributed by atoms with van der Waals surface area (Å²) < 4.78 is 7.93. The lowest BCUT2D eigenvalue weighted by Crippen LogP contribution is -2.36. The smallest absolute Gasteiger partial charge is 0.279 e. The molecule has 0 fully saturated rings. The number of amides is 1. The average Bonchev–Trinajstić information content (AvgIpc) is 2.91. The maximum absolute atomic E-state index is 12.4. The molecule has 3 rings (SSSR count). The van der Waals surface area contributed by atoms with Crippen molar-refractivity contribution in [1.29, 1.82) is 0 Å². The predicted molar refractivity (Wildman–Crippen MR) is 71.1 cm³/mol. The van der Waals surface area contributed by atoms with E-state index < -0.39 is 0 Å². The van der Waals surface area contributed by atoms with Crippen LogP contribution in [0.3, 0.4) is 0 Å². The zero-order chi connectivity index (χ0) is 12.5. The van der Waals surface area contributed by atoms with Gasteiger partial charge in [-0.1, -0.05) is 18.2 Å². The Morgan fingerprint density at radius 2 is 2.33 bits per heavy atom. The van der Waals surface area contributed by atoms with Crippen molar-refractivity contribution in [2.45, 2.75) is 19.8 Å². The molecule has 1 aromatic carbocycles. The third kappa shape index (κ3) is 1.80. The average molecular weight is 259 g/mol. The molecule has 0 atom stereocenters. The van der Waals surface area contributed by atoms with E-state index in [1.165, 1.54) is 5.56 Å². The predicted octanol–water partition coefficient (Wildman–Crippen LogP) is 2.44. The summed E-state index contributed by atoms with van der Waals surface area (Å²) >= 11 is 1.07. The first-order chi connectivity index (χ1) is 8.77. The van der Waals surface area contributed by atoms with E-state index in [4.69, 9.17) is 0 Å². The number of fused-ring (bicyclic) bond motifs is 1. The second-order valence-electron chi connectivity index (χ2n) is 4.44. The number of nitrogens with zero attached hydrogens (tertiary/aromatic N) is 3. The third-order valence-electron chi connectivity index (χ3n) is 3.24. The van der Waals surface area contributed by atoms with Crippen LogP contribution in [-0.4, -0.2) is 21.2 Å². The van der Waals surface area contributed by atoms with Crippen LogP contribution in [0.4, 0.5) is 5.69 Å². The minimum Gasteiger partial charge on any atom is -0.306 e. The number of carbonyl (C=O) groups is 1. The lowest BCUT2D eigenvalue weighted by molar-refractivity contribution is 0.0981. The van der Waals surface area contributed by atoms with Crippen molar-refractivity contribution < 1.29 is 4.79 Å². The van der Waals surface area contributed by atoms with Gasteiger partial charge in [0.25, 0.3) is 5.91 Å². The molecule has 0 saturated heterocycles. The summed E-state index contributed by atoms with van der Waals surface area (Å²) in [6.45, 7) is 2.80. The lowest BCUT2D eigenvalue weighted by atomic mass is 9.98. The molecule has 18 heavy (non-hydrogen) atoms. The highest BCUT2D eigenvalue weighted by molar-refractivity contribution is 6.99. The Bertz CT molecular complexity index is 580. The molecular weight excluding hydrogens is 246 g/mol. The largest absolute Gasteiger partial charge is 0.306 e. The highest BCUT2D eigenvalue weighted by Crippen LogP contribution is 2.31. The summed E-state index contributed by atoms with van der Waals surface area (Å²) in [5.41, 5.74) is 3.89. The Balaban J connectivity index is 2.04. The molecule has 0 radical (unpaired) electrons. The first-order valence-corrected chi connectivity index (χ1v) is 6.68. The molecule has 0 spiro atoms. The fourth-order valence-electron chi connectivity index (χ4n) is 2.45. The van der Waals surface area contributed by atoms with Gasteiger partial charge in [0.2, 0.25) is 0 Å². The SMILES string of the molecule is Cc1cccc2c1N(C(=O)c1cnsn1)CCC2. The number of para-hydroxylation sites is 1. The van der Waals surface area contributed by atoms with Crippen LogP contribution >= 0.6 is 11.7 Å². The molecule has 1 aliphatic heterocycles. The number of aryl methyl sites for hydroxylation is 2. The van der Waals surface area contributed by atoms with Gasteiger partial charge in [0.05, 0.1) is 23.6 Å². The van der Waals surface area contributed by atoms with Crippen molar-refractivity contribution in [1.82, 2.24) is 8.75 Å². The maximum atomic E-state index is 12.4. The van der Waals surface area contributed by atoms with Gasteiger partial charge >= 0.3 is 0 Å². The monoisotopic (exact) mass is 259 g/mol. The molecule has 92 valence electrons. The molecule has 1 amide bonds. The van der Waals surface area contributed by atoms with E-state index in [-0.39, 0.29) is 5.91 Å². The summed E-state index contributed by atoms with van der Waals surface area (Å²) in [4.78, 5) is 14.2. The molecule has 1 aromatic heterocycles. The van der Waals surface area contributed by atoms with E-state index in [9.17, 15) is 4.79 Å². The Labute approximate surface area is 110 Å². The summed E-state index contributed by atoms with van der Waals surface area (Å²) in [6.07, 6.45) is 3.58. The van der Waals surface area contributed by atoms with Gasteiger partial charge in [-0.25, -0.2) is 0 Å². The van der Waals surface area contributed by atoms with Crippen LogP contribution in [0.15, 0.2) is 24.4 Å². The number of anilines is 1. The molecular formula is C13H13N3OS. The number of carbonyl (C=O) groups excluding carboxylic acids is 1. The van der Waals surface area contributed by atoms with E-state index in [0.717, 1.165) is 42.4 Å². The zero-order valence-electron chi connectivity index (χ0n) is 10.1. The molecule has 2 aromatic rings. The topological polar surface area (TPSA) is 46.1 Å². The van der Waals surface area contributed by atoms with Crippen LogP contribution in [0, 0.1) is 6.92 Å². The molecule has 0 saturated carbocycles. The molecule has 4 nitrogen and oxygen atoms in total. The minimum absolute atomic E-state index is 0.0426. The van der Waals surface area contributed by atoms with Gasteiger partial charge in [-0.2, -0.15) is 8.75 Å². The van der Waals surface area contributed by atoms with Crippen molar-refractivity contribution in [3.8, 4) is 0 Å². The summed E-state index contributed by atoms with van der Waals surface area (Å²) in [5.74, 6) is -0.0426. The van der Waals surface area contributed by atoms with Crippen molar-refractivity contribution in [2.24, 2.45) is 0 Å². The van der Waals surface area contributed by atoms with Gasteiger partial charge in [0.1, 0.15) is 0 Å². The van der Waals surface area contributed by atoms with E-state index in [0.29, 0.717) is 5.69 Å². The first-order valence-electron chi connectivity index (χ1n) is 5.95. The van der Waals surface area contributed by atoms with Crippen LogP contribution in [0.25, 0.3) is 0 Å². The highest BCUT2D eigenvalue weighted by atomic mass is 32.1. The molecule has 0 aliphatic carbocycles. The minimum atomic E-state index is -0.0426. The van der Waals surface area contributed by atoms with Crippen molar-refractivity contribution >= 4 is 23.3 Å². The van der Waals surface area contributed by atoms with Gasteiger partial charge in [-0.3, -0.25) is 4.79 Å². The fraction of sp³-hybridized carbons (Fsp3) is 0.308. The van der Waals surface area contributed by atoms with Gasteiger partial charge in [-0.05, 0) is 30.9 Å². The van der Waals surface area contributed by atoms with E-state index in [1.54, 1.807) is 6.20 Å². The number of benzene rings is 1. The molecule has 5 heteroatoms. The Morgan fingerprint density at radius 1 is 1.44 bits per heavy atom. The maximum Gasteiger partial charge on any atom is 0.279 e. The van der Waals surface area contributed by atoms with Gasteiger partial charge in [-0.15, -0.1) is 0 Å². The summed E-state index contributed by atoms with van der Waals surface area (Å²) in [5, 5.41) is 0. The van der Waals surface area contributed by atoms with Crippen molar-refractivity contribution in [3.63, 3.8) is 0 Å². The summed E-state index contributed by atoms with van der Waals surface area (Å²) in [7, 11) is 0. The van der Waals surface area contributed by atoms with Crippen LogP contribution in [0.2, 0.25) is 0 Å². The Kier molecular flexibility index (Phi) is 2.83. The first kappa shape index (κ1) is 11.3. The van der Waals surface area contributed by atoms with Crippen LogP contribution in [-0.2, 0) is 6.42 Å². The number of hydrogen-bond donors (Lipinski definition) is 0. The Morgan fingerprint density at radius 3 is 3.11 bits per heavy atom. The quantitative estimate of drug-likeness (QED) is 0.790. The van der Waals surface area contributed by atoms with E-state index >= 15 is 0 Å². The van der Waals surface area contributed by atoms with E-state index in [1.807, 2.05) is 24.0 Å². The summed E-state index contributed by atoms with van der Waals surface area (Å²) in [6, 6.07) is 6.19. The molecule has 1 aliphatic rings. The standard InChI is InChI=1S/C13H13N3OS/c1-9-4-2-5-10-6-3-7-16(12(9)10)13(17)11-8-14-18-15-11/h2,4-5,8H,3,6-7H2,1H3. The normalized spacial score (nSPS) is 14.4. The lowest BCUT2D eigenvalue weighted by Gasteiger charge is -2.30. The molecule has 0 bridgehead atoms. The van der Waals surface area contributed by atoms with Crippen LogP contribution in [0.5, 0.6) is 0 Å². The van der Waals surface area contributed by atoms with Crippen molar-refractivity contribution in [2.75, 3.05) is 11.4 Å². The van der Waals surface area contributed by atoms with Gasteiger partial charge in [0.15, 0.2) is 5.69 Å². The third-order valence-corrected chi connectivity index (χ3v) is 3.72. The zero-order valence-corrected chi connectivity index (χ0v) is 10.9. The van der Waals surface area contributed by atoms with Crippen LogP contribution in [0.1, 0.15) is 28.0 Å². The fourth-order valence-corrected chi connectivity index (χ4v) is 2.85. The molecule has 2 heterocycles. The number of rotatable bonds is 1. The number of hydrogen-bond acceptors (Lipinski definition) is 4. The van der Waals surface area contributed by atoms with Crippen LogP contribution < -0.4 is 4.90 Å². The number of aromatic nitrogens is 2. The second-order valence-corrected chi connectivity index (χ2v) is 4.99. The van der Waals surface area contributed by atoms with Crippen molar-refractivity contribution in [3.05, 3.63) is 41.2 Å². The van der Waals surface area contributed by atoms with E-state index in [2.05, 4.69) is 14.8 Å². The molecule has 0 unspecified atom stereocenters. The van der Waals surface area contributed by atoms with Gasteiger partial charge < -0.3 is 4.90 Å². The van der Waals surface area contributed by atoms with Gasteiger partial charge in [0, 0.05) is 6.54 Å². The second kappa shape index (κ2) is 4.49. The highest BCUT2D eigenvalue weighted by Gasteiger charge is 2.26. The molecule has 0 N–H and O–H groups in total.